The summed E-state index contributed by atoms with van der Waals surface area (Å²) in [5, 5.41) is 0.600. The third-order valence-corrected chi connectivity index (χ3v) is 2.52. The van der Waals surface area contributed by atoms with Crippen LogP contribution in [0.3, 0.4) is 0 Å². The molecule has 0 radical (unpaired) electrons. The van der Waals surface area contributed by atoms with Gasteiger partial charge in [0.15, 0.2) is 5.78 Å². The molecule has 2 nitrogen and oxygen atoms in total. The number of benzene rings is 1. The fourth-order valence-electron chi connectivity index (χ4n) is 0.950. The highest BCUT2D eigenvalue weighted by Crippen LogP contribution is 2.19. The zero-order chi connectivity index (χ0) is 12.2. The van der Waals surface area contributed by atoms with E-state index in [2.05, 4.69) is 0 Å². The van der Waals surface area contributed by atoms with Crippen LogP contribution in [0.5, 0.6) is 5.75 Å². The van der Waals surface area contributed by atoms with Crippen LogP contribution < -0.4 is 4.74 Å². The van der Waals surface area contributed by atoms with Crippen LogP contribution in [0.2, 0.25) is 5.02 Å². The zero-order valence-electron chi connectivity index (χ0n) is 9.30. The topological polar surface area (TPSA) is 26.3 Å². The molecule has 0 aliphatic rings. The molecule has 16 heavy (non-hydrogen) atoms. The van der Waals surface area contributed by atoms with Crippen molar-refractivity contribution in [3.63, 3.8) is 0 Å². The van der Waals surface area contributed by atoms with Crippen LogP contribution in [0.1, 0.15) is 13.8 Å². The molecule has 1 rings (SSSR count). The summed E-state index contributed by atoms with van der Waals surface area (Å²) in [6.45, 7) is 2.30. The smallest absolute Gasteiger partial charge is 0.178 e. The first-order chi connectivity index (χ1) is 7.45. The summed E-state index contributed by atoms with van der Waals surface area (Å²) in [5.74, 6) is 0.289. The molecule has 0 bridgehead atoms. The molecule has 0 aliphatic heterocycles. The number of alkyl halides is 1. The lowest BCUT2D eigenvalue weighted by atomic mass is 9.90. The van der Waals surface area contributed by atoms with Crippen LogP contribution >= 0.6 is 11.6 Å². The Morgan fingerprint density at radius 1 is 1.38 bits per heavy atom. The number of hydrogen-bond acceptors (Lipinski definition) is 2. The van der Waals surface area contributed by atoms with E-state index in [0.717, 1.165) is 0 Å². The van der Waals surface area contributed by atoms with Crippen LogP contribution in [0.25, 0.3) is 0 Å². The van der Waals surface area contributed by atoms with Crippen LogP contribution in [0.4, 0.5) is 4.39 Å². The molecule has 0 aliphatic carbocycles. The molecule has 0 aromatic heterocycles. The van der Waals surface area contributed by atoms with Crippen molar-refractivity contribution in [2.24, 2.45) is 5.41 Å². The lowest BCUT2D eigenvalue weighted by Gasteiger charge is -2.18. The summed E-state index contributed by atoms with van der Waals surface area (Å²) in [5.41, 5.74) is -0.980. The first-order valence-electron chi connectivity index (χ1n) is 4.93. The molecule has 0 fully saturated rings. The van der Waals surface area contributed by atoms with E-state index in [4.69, 9.17) is 16.3 Å². The summed E-state index contributed by atoms with van der Waals surface area (Å²) in [6.07, 6.45) is 0. The molecule has 0 heterocycles. The van der Waals surface area contributed by atoms with E-state index in [1.165, 1.54) is 0 Å². The summed E-state index contributed by atoms with van der Waals surface area (Å²) >= 11 is 5.70. The second-order valence-electron chi connectivity index (χ2n) is 4.18. The summed E-state index contributed by atoms with van der Waals surface area (Å²) in [6, 6.07) is 6.67. The summed E-state index contributed by atoms with van der Waals surface area (Å²) in [4.78, 5) is 11.5. The highest BCUT2D eigenvalue weighted by molar-refractivity contribution is 6.30. The molecule has 0 atom stereocenters. The predicted molar refractivity (Wildman–Crippen MR) is 61.7 cm³/mol. The average molecular weight is 245 g/mol. The van der Waals surface area contributed by atoms with E-state index < -0.39 is 12.1 Å². The van der Waals surface area contributed by atoms with Crippen molar-refractivity contribution in [3.05, 3.63) is 29.3 Å². The van der Waals surface area contributed by atoms with Gasteiger partial charge < -0.3 is 4.74 Å². The highest BCUT2D eigenvalue weighted by Gasteiger charge is 2.27. The van der Waals surface area contributed by atoms with Gasteiger partial charge in [-0.05, 0) is 24.3 Å². The Balaban J connectivity index is 2.52. The zero-order valence-corrected chi connectivity index (χ0v) is 10.1. The normalized spacial score (nSPS) is 11.2. The van der Waals surface area contributed by atoms with E-state index in [0.29, 0.717) is 10.8 Å². The van der Waals surface area contributed by atoms with Crippen LogP contribution in [0.15, 0.2) is 24.3 Å². The molecular formula is C12H14ClFO2. The quantitative estimate of drug-likeness (QED) is 0.795. The Kier molecular flexibility index (Phi) is 4.30. The molecule has 0 saturated heterocycles. The molecule has 0 N–H and O–H groups in total. The van der Waals surface area contributed by atoms with Crippen LogP contribution in [0, 0.1) is 5.41 Å². The van der Waals surface area contributed by atoms with Gasteiger partial charge in [-0.3, -0.25) is 9.18 Å². The Labute approximate surface area is 99.4 Å². The van der Waals surface area contributed by atoms with Gasteiger partial charge in [-0.2, -0.15) is 0 Å². The van der Waals surface area contributed by atoms with Gasteiger partial charge in [0.05, 0.1) is 5.41 Å². The molecule has 1 aromatic rings. The van der Waals surface area contributed by atoms with E-state index in [1.54, 1.807) is 38.1 Å². The Hall–Kier alpha value is -1.09. The lowest BCUT2D eigenvalue weighted by molar-refractivity contribution is -0.129. The van der Waals surface area contributed by atoms with Gasteiger partial charge in [0.1, 0.15) is 19.0 Å². The molecular weight excluding hydrogens is 231 g/mol. The Morgan fingerprint density at radius 3 is 2.44 bits per heavy atom. The molecule has 0 spiro atoms. The Morgan fingerprint density at radius 2 is 1.94 bits per heavy atom. The summed E-state index contributed by atoms with van der Waals surface area (Å²) in [7, 11) is 0. The number of Topliss-reactive ketones (excluding diaryl/α,β-unsaturated/α-hetero) is 1. The van der Waals surface area contributed by atoms with Crippen molar-refractivity contribution in [1.82, 2.24) is 0 Å². The molecule has 1 aromatic carbocycles. The third kappa shape index (κ3) is 3.49. The van der Waals surface area contributed by atoms with Gasteiger partial charge >= 0.3 is 0 Å². The maximum Gasteiger partial charge on any atom is 0.178 e. The number of halogens is 2. The van der Waals surface area contributed by atoms with Crippen molar-refractivity contribution in [1.29, 1.82) is 0 Å². The number of rotatable bonds is 5. The number of carbonyl (C=O) groups excluding carboxylic acids is 1. The van der Waals surface area contributed by atoms with E-state index in [-0.39, 0.29) is 12.4 Å². The van der Waals surface area contributed by atoms with Crippen LogP contribution in [-0.4, -0.2) is 19.1 Å². The minimum atomic E-state index is -0.980. The van der Waals surface area contributed by atoms with E-state index in [9.17, 15) is 9.18 Å². The largest absolute Gasteiger partial charge is 0.486 e. The van der Waals surface area contributed by atoms with E-state index in [1.807, 2.05) is 0 Å². The van der Waals surface area contributed by atoms with Crippen LogP contribution in [-0.2, 0) is 4.79 Å². The lowest BCUT2D eigenvalue weighted by Crippen LogP contribution is -2.31. The molecule has 0 saturated carbocycles. The van der Waals surface area contributed by atoms with Gasteiger partial charge in [0.2, 0.25) is 0 Å². The minimum absolute atomic E-state index is 0.126. The summed E-state index contributed by atoms with van der Waals surface area (Å²) < 4.78 is 17.7. The second-order valence-corrected chi connectivity index (χ2v) is 4.62. The second kappa shape index (κ2) is 5.30. The third-order valence-electron chi connectivity index (χ3n) is 2.27. The number of ketones is 1. The van der Waals surface area contributed by atoms with Crippen molar-refractivity contribution >= 4 is 17.4 Å². The standard InChI is InChI=1S/C12H14ClFO2/c1-12(2,8-14)11(15)7-16-10-5-3-9(13)4-6-10/h3-6H,7-8H2,1-2H3. The number of hydrogen-bond donors (Lipinski definition) is 0. The number of carbonyl (C=O) groups is 1. The Bertz CT molecular complexity index is 360. The maximum absolute atomic E-state index is 12.5. The fraction of sp³-hybridized carbons (Fsp3) is 0.417. The number of ether oxygens (including phenoxy) is 1. The first kappa shape index (κ1) is 13.0. The monoisotopic (exact) mass is 244 g/mol. The minimum Gasteiger partial charge on any atom is -0.486 e. The SMILES string of the molecule is CC(C)(CF)C(=O)COc1ccc(Cl)cc1. The molecule has 4 heteroatoms. The van der Waals surface area contributed by atoms with Gasteiger partial charge in [-0.1, -0.05) is 25.4 Å². The maximum atomic E-state index is 12.5. The average Bonchev–Trinajstić information content (AvgIpc) is 2.28. The van der Waals surface area contributed by atoms with Crippen molar-refractivity contribution in [2.75, 3.05) is 13.3 Å². The highest BCUT2D eigenvalue weighted by atomic mass is 35.5. The van der Waals surface area contributed by atoms with Gasteiger partial charge in [0.25, 0.3) is 0 Å². The van der Waals surface area contributed by atoms with Crippen molar-refractivity contribution < 1.29 is 13.9 Å². The fourth-order valence-corrected chi connectivity index (χ4v) is 1.08. The van der Waals surface area contributed by atoms with E-state index >= 15 is 0 Å². The molecule has 0 unspecified atom stereocenters. The predicted octanol–water partition coefficient (Wildman–Crippen LogP) is 3.28. The molecule has 88 valence electrons. The van der Waals surface area contributed by atoms with Gasteiger partial charge in [-0.25, -0.2) is 0 Å². The van der Waals surface area contributed by atoms with Gasteiger partial charge in [-0.15, -0.1) is 0 Å². The first-order valence-corrected chi connectivity index (χ1v) is 5.31. The van der Waals surface area contributed by atoms with Crippen molar-refractivity contribution in [2.45, 2.75) is 13.8 Å². The van der Waals surface area contributed by atoms with Crippen molar-refractivity contribution in [3.8, 4) is 5.75 Å². The van der Waals surface area contributed by atoms with Gasteiger partial charge in [0, 0.05) is 5.02 Å². The molecule has 0 amide bonds.